The van der Waals surface area contributed by atoms with Crippen molar-refractivity contribution in [1.82, 2.24) is 35.1 Å². The van der Waals surface area contributed by atoms with Gasteiger partial charge in [0.25, 0.3) is 0 Å². The molecule has 0 atom stereocenters. The number of nitrogens with one attached hydrogen (secondary N) is 2. The molecule has 8 heteroatoms. The summed E-state index contributed by atoms with van der Waals surface area (Å²) in [6.45, 7) is 0. The molecular formula is C21H13N7O. The molecule has 6 aromatic rings. The van der Waals surface area contributed by atoms with Gasteiger partial charge in [0.1, 0.15) is 0 Å². The summed E-state index contributed by atoms with van der Waals surface area (Å²) in [6, 6.07) is 7.93. The number of aromatic amines is 2. The zero-order chi connectivity index (χ0) is 19.2. The van der Waals surface area contributed by atoms with Crippen LogP contribution in [0.25, 0.3) is 55.8 Å². The highest BCUT2D eigenvalue weighted by Crippen LogP contribution is 2.33. The average molecular weight is 379 g/mol. The Morgan fingerprint density at radius 2 is 1.86 bits per heavy atom. The van der Waals surface area contributed by atoms with Gasteiger partial charge in [-0.2, -0.15) is 5.10 Å². The van der Waals surface area contributed by atoms with Crippen molar-refractivity contribution in [2.75, 3.05) is 0 Å². The van der Waals surface area contributed by atoms with E-state index in [1.165, 1.54) is 0 Å². The first-order valence-electron chi connectivity index (χ1n) is 8.98. The summed E-state index contributed by atoms with van der Waals surface area (Å²) in [5.74, 6) is 0. The van der Waals surface area contributed by atoms with Crippen LogP contribution >= 0.6 is 0 Å². The van der Waals surface area contributed by atoms with Crippen LogP contribution in [0.3, 0.4) is 0 Å². The third-order valence-electron chi connectivity index (χ3n) is 4.88. The van der Waals surface area contributed by atoms with Gasteiger partial charge in [0.05, 0.1) is 41.5 Å². The van der Waals surface area contributed by atoms with Crippen molar-refractivity contribution in [1.29, 1.82) is 0 Å². The monoisotopic (exact) mass is 379 g/mol. The first-order valence-corrected chi connectivity index (χ1v) is 8.98. The van der Waals surface area contributed by atoms with Crippen molar-refractivity contribution in [2.45, 2.75) is 0 Å². The fourth-order valence-corrected chi connectivity index (χ4v) is 3.51. The summed E-state index contributed by atoms with van der Waals surface area (Å²) in [6.07, 6.45) is 11.9. The van der Waals surface area contributed by atoms with Gasteiger partial charge in [-0.15, -0.1) is 0 Å². The minimum Gasteiger partial charge on any atom is -0.472 e. The van der Waals surface area contributed by atoms with E-state index in [-0.39, 0.29) is 0 Å². The Morgan fingerprint density at radius 3 is 2.72 bits per heavy atom. The summed E-state index contributed by atoms with van der Waals surface area (Å²) in [4.78, 5) is 20.9. The molecule has 29 heavy (non-hydrogen) atoms. The Balaban J connectivity index is 1.53. The molecule has 0 fully saturated rings. The van der Waals surface area contributed by atoms with Gasteiger partial charge in [0, 0.05) is 52.2 Å². The lowest BCUT2D eigenvalue weighted by atomic mass is 10.1. The summed E-state index contributed by atoms with van der Waals surface area (Å²) >= 11 is 0. The van der Waals surface area contributed by atoms with Gasteiger partial charge in [-0.1, -0.05) is 0 Å². The van der Waals surface area contributed by atoms with Gasteiger partial charge in [-0.3, -0.25) is 20.1 Å². The van der Waals surface area contributed by atoms with Gasteiger partial charge in [-0.25, -0.2) is 4.98 Å². The number of nitrogens with zero attached hydrogens (tertiary/aromatic N) is 5. The largest absolute Gasteiger partial charge is 0.472 e. The maximum Gasteiger partial charge on any atom is 0.181 e. The van der Waals surface area contributed by atoms with Gasteiger partial charge in [0.2, 0.25) is 0 Å². The molecule has 138 valence electrons. The molecule has 0 bridgehead atoms. The number of fused-ring (bicyclic) bond motifs is 2. The Morgan fingerprint density at radius 1 is 0.862 bits per heavy atom. The predicted molar refractivity (Wildman–Crippen MR) is 108 cm³/mol. The summed E-state index contributed by atoms with van der Waals surface area (Å²) in [7, 11) is 0. The highest BCUT2D eigenvalue weighted by Gasteiger charge is 2.15. The van der Waals surface area contributed by atoms with E-state index in [9.17, 15) is 0 Å². The summed E-state index contributed by atoms with van der Waals surface area (Å²) < 4.78 is 5.22. The first-order chi connectivity index (χ1) is 14.4. The minimum atomic E-state index is 0.638. The number of rotatable bonds is 3. The molecule has 0 saturated carbocycles. The highest BCUT2D eigenvalue weighted by atomic mass is 16.3. The van der Waals surface area contributed by atoms with E-state index in [1.54, 1.807) is 43.5 Å². The van der Waals surface area contributed by atoms with E-state index in [4.69, 9.17) is 4.42 Å². The van der Waals surface area contributed by atoms with Crippen LogP contribution in [0.1, 0.15) is 0 Å². The van der Waals surface area contributed by atoms with E-state index in [1.807, 2.05) is 18.2 Å². The minimum absolute atomic E-state index is 0.638. The SMILES string of the molecule is c1cnc(-c2cnc3n[nH]c(-c4cc5c(-c6ccoc6)nccc5[nH]4)c3c2)cn1. The molecule has 0 unspecified atom stereocenters. The van der Waals surface area contributed by atoms with E-state index in [2.05, 4.69) is 41.2 Å². The first kappa shape index (κ1) is 15.7. The molecule has 0 aliphatic rings. The molecule has 6 aromatic heterocycles. The van der Waals surface area contributed by atoms with Crippen LogP contribution in [0.15, 0.2) is 72.2 Å². The van der Waals surface area contributed by atoms with Crippen LogP contribution in [0.5, 0.6) is 0 Å². The number of pyridine rings is 2. The standard InChI is InChI=1S/C21H13N7O/c1-3-24-19(12-2-6-29-11-12)14-8-17(26-16(1)14)20-15-7-13(9-25-21(15)28-27-20)18-10-22-4-5-23-18/h1-11,26H,(H,25,27,28). The lowest BCUT2D eigenvalue weighted by Gasteiger charge is -2.00. The molecule has 6 rings (SSSR count). The van der Waals surface area contributed by atoms with Crippen molar-refractivity contribution in [3.05, 3.63) is 67.8 Å². The van der Waals surface area contributed by atoms with Crippen LogP contribution in [0.2, 0.25) is 0 Å². The van der Waals surface area contributed by atoms with Gasteiger partial charge >= 0.3 is 0 Å². The van der Waals surface area contributed by atoms with E-state index >= 15 is 0 Å². The topological polar surface area (TPSA) is 109 Å². The van der Waals surface area contributed by atoms with Crippen LogP contribution in [0.4, 0.5) is 0 Å². The molecule has 0 amide bonds. The summed E-state index contributed by atoms with van der Waals surface area (Å²) in [5, 5.41) is 9.36. The van der Waals surface area contributed by atoms with E-state index in [0.717, 1.165) is 50.2 Å². The maximum absolute atomic E-state index is 5.22. The average Bonchev–Trinajstić information content (AvgIpc) is 3.52. The smallest absolute Gasteiger partial charge is 0.181 e. The molecule has 6 heterocycles. The third-order valence-corrected chi connectivity index (χ3v) is 4.88. The second-order valence-electron chi connectivity index (χ2n) is 6.60. The molecule has 2 N–H and O–H groups in total. The molecule has 0 spiro atoms. The molecule has 0 aliphatic carbocycles. The molecule has 0 aliphatic heterocycles. The van der Waals surface area contributed by atoms with E-state index in [0.29, 0.717) is 5.65 Å². The Bertz CT molecular complexity index is 1450. The summed E-state index contributed by atoms with van der Waals surface area (Å²) in [5.41, 5.74) is 6.81. The van der Waals surface area contributed by atoms with Crippen molar-refractivity contribution in [3.8, 4) is 33.9 Å². The highest BCUT2D eigenvalue weighted by molar-refractivity contribution is 5.99. The zero-order valence-electron chi connectivity index (χ0n) is 15.0. The third kappa shape index (κ3) is 2.50. The number of hydrogen-bond acceptors (Lipinski definition) is 6. The van der Waals surface area contributed by atoms with Crippen molar-refractivity contribution >= 4 is 21.9 Å². The Hall–Kier alpha value is -4.33. The number of H-pyrrole nitrogens is 2. The van der Waals surface area contributed by atoms with Gasteiger partial charge < -0.3 is 9.40 Å². The van der Waals surface area contributed by atoms with Crippen molar-refractivity contribution in [2.24, 2.45) is 0 Å². The lowest BCUT2D eigenvalue weighted by Crippen LogP contribution is -1.86. The Kier molecular flexibility index (Phi) is 3.30. The molecule has 8 nitrogen and oxygen atoms in total. The zero-order valence-corrected chi connectivity index (χ0v) is 15.0. The molecular weight excluding hydrogens is 366 g/mol. The molecule has 0 saturated heterocycles. The van der Waals surface area contributed by atoms with Crippen molar-refractivity contribution < 1.29 is 4.42 Å². The van der Waals surface area contributed by atoms with Gasteiger partial charge in [-0.05, 0) is 24.3 Å². The fourth-order valence-electron chi connectivity index (χ4n) is 3.51. The normalized spacial score (nSPS) is 11.4. The van der Waals surface area contributed by atoms with Gasteiger partial charge in [0.15, 0.2) is 5.65 Å². The Labute approximate surface area is 163 Å². The number of hydrogen-bond donors (Lipinski definition) is 2. The number of furan rings is 1. The van der Waals surface area contributed by atoms with Crippen molar-refractivity contribution in [3.63, 3.8) is 0 Å². The second kappa shape index (κ2) is 6.10. The predicted octanol–water partition coefficient (Wildman–Crippen LogP) is 4.22. The maximum atomic E-state index is 5.22. The lowest BCUT2D eigenvalue weighted by molar-refractivity contribution is 0.568. The fraction of sp³-hybridized carbons (Fsp3) is 0. The quantitative estimate of drug-likeness (QED) is 0.476. The van der Waals surface area contributed by atoms with Crippen LogP contribution in [-0.2, 0) is 0 Å². The van der Waals surface area contributed by atoms with Crippen LogP contribution < -0.4 is 0 Å². The van der Waals surface area contributed by atoms with Crippen LogP contribution in [-0.4, -0.2) is 35.1 Å². The van der Waals surface area contributed by atoms with Crippen LogP contribution in [0, 0.1) is 0 Å². The molecule has 0 radical (unpaired) electrons. The second-order valence-corrected chi connectivity index (χ2v) is 6.60. The van der Waals surface area contributed by atoms with E-state index < -0.39 is 0 Å². The molecule has 0 aromatic carbocycles. The number of aromatic nitrogens is 7.